The van der Waals surface area contributed by atoms with E-state index in [2.05, 4.69) is 4.90 Å². The summed E-state index contributed by atoms with van der Waals surface area (Å²) >= 11 is 0. The molecule has 1 fully saturated rings. The Morgan fingerprint density at radius 2 is 2.22 bits per heavy atom. The summed E-state index contributed by atoms with van der Waals surface area (Å²) in [5, 5.41) is 18.5. The molecule has 0 aliphatic heterocycles. The molecule has 0 radical (unpaired) electrons. The highest BCUT2D eigenvalue weighted by Gasteiger charge is 2.25. The molecular formula is C13H20N2O3. The molecule has 1 aliphatic carbocycles. The molecule has 2 rings (SSSR count). The van der Waals surface area contributed by atoms with Crippen molar-refractivity contribution in [2.45, 2.75) is 32.4 Å². The minimum atomic E-state index is -0.332. The topological polar surface area (TPSA) is 65.7 Å². The number of aliphatic hydroxyl groups is 1. The van der Waals surface area contributed by atoms with Gasteiger partial charge in [0.1, 0.15) is 0 Å². The van der Waals surface area contributed by atoms with Gasteiger partial charge in [-0.05, 0) is 19.4 Å². The number of nitrogens with zero attached hydrogens (tertiary/aromatic N) is 2. The van der Waals surface area contributed by atoms with E-state index in [1.54, 1.807) is 6.20 Å². The third-order valence-electron chi connectivity index (χ3n) is 3.33. The van der Waals surface area contributed by atoms with Gasteiger partial charge in [0.05, 0.1) is 12.8 Å². The third kappa shape index (κ3) is 2.91. The second kappa shape index (κ2) is 5.54. The lowest BCUT2D eigenvalue weighted by Gasteiger charge is -2.22. The van der Waals surface area contributed by atoms with Gasteiger partial charge in [0, 0.05) is 30.9 Å². The van der Waals surface area contributed by atoms with Crippen LogP contribution >= 0.6 is 0 Å². The average molecular weight is 252 g/mol. The minimum Gasteiger partial charge on any atom is -0.503 e. The van der Waals surface area contributed by atoms with E-state index in [1.165, 1.54) is 6.07 Å². The number of pyridine rings is 1. The molecule has 5 heteroatoms. The first-order chi connectivity index (χ1) is 8.65. The van der Waals surface area contributed by atoms with Gasteiger partial charge in [-0.1, -0.05) is 6.92 Å². The molecule has 0 unspecified atom stereocenters. The SMILES string of the molecule is CCN(CCO)Cc1cc(=O)c(O)cn1C1CC1. The van der Waals surface area contributed by atoms with Crippen LogP contribution in [0.4, 0.5) is 0 Å². The smallest absolute Gasteiger partial charge is 0.223 e. The number of aliphatic hydroxyl groups excluding tert-OH is 1. The van der Waals surface area contributed by atoms with Crippen molar-refractivity contribution in [2.24, 2.45) is 0 Å². The van der Waals surface area contributed by atoms with E-state index in [4.69, 9.17) is 5.11 Å². The Bertz CT molecular complexity index is 466. The van der Waals surface area contributed by atoms with Gasteiger partial charge in [-0.3, -0.25) is 9.69 Å². The molecule has 2 N–H and O–H groups in total. The van der Waals surface area contributed by atoms with Gasteiger partial charge in [-0.2, -0.15) is 0 Å². The maximum Gasteiger partial charge on any atom is 0.223 e. The van der Waals surface area contributed by atoms with Crippen molar-refractivity contribution in [3.63, 3.8) is 0 Å². The van der Waals surface area contributed by atoms with E-state index < -0.39 is 0 Å². The van der Waals surface area contributed by atoms with Crippen molar-refractivity contribution in [3.8, 4) is 5.75 Å². The summed E-state index contributed by atoms with van der Waals surface area (Å²) in [7, 11) is 0. The highest BCUT2D eigenvalue weighted by Crippen LogP contribution is 2.36. The Labute approximate surface area is 106 Å². The van der Waals surface area contributed by atoms with Crippen LogP contribution in [0.25, 0.3) is 0 Å². The van der Waals surface area contributed by atoms with Gasteiger partial charge >= 0.3 is 0 Å². The second-order valence-electron chi connectivity index (χ2n) is 4.75. The monoisotopic (exact) mass is 252 g/mol. The van der Waals surface area contributed by atoms with Gasteiger partial charge < -0.3 is 14.8 Å². The van der Waals surface area contributed by atoms with Crippen LogP contribution in [-0.4, -0.2) is 39.4 Å². The molecule has 1 saturated carbocycles. The van der Waals surface area contributed by atoms with Crippen molar-refractivity contribution in [3.05, 3.63) is 28.2 Å². The number of hydrogen-bond acceptors (Lipinski definition) is 4. The Hall–Kier alpha value is -1.33. The van der Waals surface area contributed by atoms with Gasteiger partial charge in [-0.25, -0.2) is 0 Å². The van der Waals surface area contributed by atoms with E-state index in [0.717, 1.165) is 25.1 Å². The molecule has 1 aromatic heterocycles. The summed E-state index contributed by atoms with van der Waals surface area (Å²) < 4.78 is 2.00. The third-order valence-corrected chi connectivity index (χ3v) is 3.33. The molecule has 0 amide bonds. The van der Waals surface area contributed by atoms with Crippen LogP contribution in [0.1, 0.15) is 31.5 Å². The lowest BCUT2D eigenvalue weighted by molar-refractivity contribution is 0.193. The second-order valence-corrected chi connectivity index (χ2v) is 4.75. The summed E-state index contributed by atoms with van der Waals surface area (Å²) in [6, 6.07) is 1.92. The lowest BCUT2D eigenvalue weighted by Crippen LogP contribution is -2.28. The van der Waals surface area contributed by atoms with Crippen LogP contribution in [0.5, 0.6) is 5.75 Å². The summed E-state index contributed by atoms with van der Waals surface area (Å²) in [6.45, 7) is 4.18. The van der Waals surface area contributed by atoms with Crippen molar-refractivity contribution < 1.29 is 10.2 Å². The minimum absolute atomic E-state index is 0.111. The molecule has 0 bridgehead atoms. The maximum atomic E-state index is 11.5. The van der Waals surface area contributed by atoms with Gasteiger partial charge in [0.25, 0.3) is 0 Å². The quantitative estimate of drug-likeness (QED) is 0.782. The molecular weight excluding hydrogens is 232 g/mol. The highest BCUT2D eigenvalue weighted by molar-refractivity contribution is 5.22. The molecule has 18 heavy (non-hydrogen) atoms. The Balaban J connectivity index is 2.24. The number of aromatic hydroxyl groups is 1. The molecule has 100 valence electrons. The zero-order valence-corrected chi connectivity index (χ0v) is 10.7. The molecule has 1 aromatic rings. The number of hydrogen-bond donors (Lipinski definition) is 2. The van der Waals surface area contributed by atoms with Crippen molar-refractivity contribution >= 4 is 0 Å². The number of aromatic nitrogens is 1. The summed E-state index contributed by atoms with van der Waals surface area (Å²) in [5.74, 6) is -0.184. The standard InChI is InChI=1S/C13H20N2O3/c1-2-14(5-6-16)8-11-7-12(17)13(18)9-15(11)10-3-4-10/h7,9-10,16,18H,2-6,8H2,1H3. The van der Waals surface area contributed by atoms with Gasteiger partial charge in [0.2, 0.25) is 5.43 Å². The molecule has 0 spiro atoms. The van der Waals surface area contributed by atoms with E-state index in [9.17, 15) is 9.90 Å². The summed E-state index contributed by atoms with van der Waals surface area (Å²) in [4.78, 5) is 13.6. The average Bonchev–Trinajstić information content (AvgIpc) is 3.17. The Morgan fingerprint density at radius 1 is 1.50 bits per heavy atom. The van der Waals surface area contributed by atoms with Crippen molar-refractivity contribution in [2.75, 3.05) is 19.7 Å². The molecule has 1 aliphatic rings. The molecule has 0 saturated heterocycles. The number of rotatable bonds is 6. The first-order valence-electron chi connectivity index (χ1n) is 6.43. The molecule has 5 nitrogen and oxygen atoms in total. The molecule has 1 heterocycles. The fourth-order valence-electron chi connectivity index (χ4n) is 2.12. The van der Waals surface area contributed by atoms with Crippen molar-refractivity contribution in [1.82, 2.24) is 9.47 Å². The van der Waals surface area contributed by atoms with Crippen LogP contribution in [0.15, 0.2) is 17.1 Å². The van der Waals surface area contributed by atoms with Gasteiger partial charge in [0.15, 0.2) is 5.75 Å². The largest absolute Gasteiger partial charge is 0.503 e. The predicted molar refractivity (Wildman–Crippen MR) is 68.7 cm³/mol. The predicted octanol–water partition coefficient (Wildman–Crippen LogP) is 0.703. The van der Waals surface area contributed by atoms with Crippen molar-refractivity contribution in [1.29, 1.82) is 0 Å². The maximum absolute atomic E-state index is 11.5. The van der Waals surface area contributed by atoms with Gasteiger partial charge in [-0.15, -0.1) is 0 Å². The van der Waals surface area contributed by atoms with Crippen LogP contribution < -0.4 is 5.43 Å². The fourth-order valence-corrected chi connectivity index (χ4v) is 2.12. The Kier molecular flexibility index (Phi) is 4.04. The van der Waals surface area contributed by atoms with Crippen LogP contribution in [0.3, 0.4) is 0 Å². The zero-order chi connectivity index (χ0) is 13.1. The Morgan fingerprint density at radius 3 is 2.78 bits per heavy atom. The van der Waals surface area contributed by atoms with E-state index in [1.807, 2.05) is 11.5 Å². The number of likely N-dealkylation sites (N-methyl/N-ethyl adjacent to an activating group) is 1. The summed E-state index contributed by atoms with van der Waals surface area (Å²) in [6.07, 6.45) is 3.74. The summed E-state index contributed by atoms with van der Waals surface area (Å²) in [5.41, 5.74) is 0.581. The highest BCUT2D eigenvalue weighted by atomic mass is 16.3. The molecule has 0 atom stereocenters. The van der Waals surface area contributed by atoms with E-state index in [-0.39, 0.29) is 17.8 Å². The lowest BCUT2D eigenvalue weighted by atomic mass is 10.3. The van der Waals surface area contributed by atoms with E-state index in [0.29, 0.717) is 19.1 Å². The van der Waals surface area contributed by atoms with Crippen LogP contribution in [-0.2, 0) is 6.54 Å². The first-order valence-corrected chi connectivity index (χ1v) is 6.43. The van der Waals surface area contributed by atoms with Crippen LogP contribution in [0.2, 0.25) is 0 Å². The van der Waals surface area contributed by atoms with E-state index >= 15 is 0 Å². The molecule has 0 aromatic carbocycles. The fraction of sp³-hybridized carbons (Fsp3) is 0.615. The first kappa shape index (κ1) is 13.1. The van der Waals surface area contributed by atoms with Crippen LogP contribution in [0, 0.1) is 0 Å². The normalized spacial score (nSPS) is 15.3. The zero-order valence-electron chi connectivity index (χ0n) is 10.7.